The largest absolute Gasteiger partial charge is 0.326 e. The molecule has 0 radical (unpaired) electrons. The van der Waals surface area contributed by atoms with Crippen molar-refractivity contribution in [3.05, 3.63) is 69.6 Å². The topological polar surface area (TPSA) is 49.9 Å². The number of carbonyl (C=O) groups excluding carboxylic acids is 1. The van der Waals surface area contributed by atoms with Crippen molar-refractivity contribution in [2.75, 3.05) is 0 Å². The van der Waals surface area contributed by atoms with E-state index < -0.39 is 0 Å². The average Bonchev–Trinajstić information content (AvgIpc) is 2.46. The minimum Gasteiger partial charge on any atom is -0.326 e. The number of nitrogens with one attached hydrogen (secondary N) is 1. The summed E-state index contributed by atoms with van der Waals surface area (Å²) in [5.41, 5.74) is 2.56. The fraction of sp³-hybridized carbons (Fsp3) is 0.250. The Balaban J connectivity index is 2.00. The predicted octanol–water partition coefficient (Wildman–Crippen LogP) is 2.68. The standard InChI is InChI=1S/C16H15NO2/c18-15-10-9-12-13(7-4-8-14(12)17-15)16(19)11-5-2-1-3-6-11/h1-3,5-6,9-10,13H,4,7-8H2,(H,17,18). The van der Waals surface area contributed by atoms with Crippen LogP contribution in [0, 0.1) is 0 Å². The number of benzene rings is 1. The van der Waals surface area contributed by atoms with Crippen LogP contribution < -0.4 is 5.56 Å². The lowest BCUT2D eigenvalue weighted by Gasteiger charge is -2.23. The summed E-state index contributed by atoms with van der Waals surface area (Å²) in [5, 5.41) is 0. The van der Waals surface area contributed by atoms with Crippen molar-refractivity contribution in [1.29, 1.82) is 0 Å². The molecule has 0 aliphatic heterocycles. The van der Waals surface area contributed by atoms with E-state index in [4.69, 9.17) is 0 Å². The molecule has 1 unspecified atom stereocenters. The van der Waals surface area contributed by atoms with Crippen molar-refractivity contribution in [2.45, 2.75) is 25.2 Å². The van der Waals surface area contributed by atoms with Crippen molar-refractivity contribution < 1.29 is 4.79 Å². The van der Waals surface area contributed by atoms with Gasteiger partial charge < -0.3 is 4.98 Å². The van der Waals surface area contributed by atoms with E-state index in [1.54, 1.807) is 6.07 Å². The lowest BCUT2D eigenvalue weighted by atomic mass is 9.81. The van der Waals surface area contributed by atoms with Crippen molar-refractivity contribution in [2.24, 2.45) is 0 Å². The van der Waals surface area contributed by atoms with Crippen LogP contribution in [-0.2, 0) is 6.42 Å². The van der Waals surface area contributed by atoms with Crippen LogP contribution in [0.5, 0.6) is 0 Å². The summed E-state index contributed by atoms with van der Waals surface area (Å²) < 4.78 is 0. The number of aromatic amines is 1. The van der Waals surface area contributed by atoms with Gasteiger partial charge in [-0.1, -0.05) is 36.4 Å². The molecule has 0 bridgehead atoms. The highest BCUT2D eigenvalue weighted by atomic mass is 16.1. The first-order chi connectivity index (χ1) is 9.25. The number of pyridine rings is 1. The Bertz CT molecular complexity index is 658. The normalized spacial score (nSPS) is 17.8. The van der Waals surface area contributed by atoms with Gasteiger partial charge in [-0.25, -0.2) is 0 Å². The van der Waals surface area contributed by atoms with Gasteiger partial charge in [0.2, 0.25) is 5.56 Å². The van der Waals surface area contributed by atoms with E-state index in [1.165, 1.54) is 6.07 Å². The monoisotopic (exact) mass is 253 g/mol. The number of Topliss-reactive ketones (excluding diaryl/α,β-unsaturated/α-hetero) is 1. The molecule has 96 valence electrons. The van der Waals surface area contributed by atoms with Gasteiger partial charge in [-0.15, -0.1) is 0 Å². The molecule has 1 aliphatic rings. The Morgan fingerprint density at radius 2 is 1.89 bits per heavy atom. The zero-order chi connectivity index (χ0) is 13.2. The van der Waals surface area contributed by atoms with Gasteiger partial charge in [-0.3, -0.25) is 9.59 Å². The van der Waals surface area contributed by atoms with E-state index >= 15 is 0 Å². The third-order valence-electron chi connectivity index (χ3n) is 3.71. The minimum atomic E-state index is -0.122. The molecule has 3 rings (SSSR count). The van der Waals surface area contributed by atoms with Gasteiger partial charge in [0, 0.05) is 23.2 Å². The highest BCUT2D eigenvalue weighted by molar-refractivity contribution is 6.01. The molecule has 1 aromatic heterocycles. The minimum absolute atomic E-state index is 0.0911. The van der Waals surface area contributed by atoms with E-state index in [9.17, 15) is 9.59 Å². The van der Waals surface area contributed by atoms with Gasteiger partial charge in [-0.2, -0.15) is 0 Å². The summed E-state index contributed by atoms with van der Waals surface area (Å²) >= 11 is 0. The second kappa shape index (κ2) is 4.84. The molecule has 1 aliphatic carbocycles. The van der Waals surface area contributed by atoms with Crippen LogP contribution >= 0.6 is 0 Å². The van der Waals surface area contributed by atoms with Crippen molar-refractivity contribution in [3.8, 4) is 0 Å². The van der Waals surface area contributed by atoms with Gasteiger partial charge in [0.25, 0.3) is 0 Å². The quantitative estimate of drug-likeness (QED) is 0.836. The molecule has 0 saturated carbocycles. The average molecular weight is 253 g/mol. The number of hydrogen-bond acceptors (Lipinski definition) is 2. The summed E-state index contributed by atoms with van der Waals surface area (Å²) in [5.74, 6) is 0.0246. The Morgan fingerprint density at radius 3 is 2.68 bits per heavy atom. The van der Waals surface area contributed by atoms with Crippen LogP contribution in [0.4, 0.5) is 0 Å². The molecule has 3 heteroatoms. The van der Waals surface area contributed by atoms with Crippen LogP contribution in [0.25, 0.3) is 0 Å². The van der Waals surface area contributed by atoms with Crippen molar-refractivity contribution >= 4 is 5.78 Å². The first kappa shape index (κ1) is 11.9. The van der Waals surface area contributed by atoms with Gasteiger partial charge in [-0.05, 0) is 24.8 Å². The highest BCUT2D eigenvalue weighted by Crippen LogP contribution is 2.32. The lowest BCUT2D eigenvalue weighted by Crippen LogP contribution is -2.22. The SMILES string of the molecule is O=C(c1ccccc1)C1CCCc2[nH]c(=O)ccc21. The zero-order valence-corrected chi connectivity index (χ0v) is 10.6. The van der Waals surface area contributed by atoms with E-state index in [-0.39, 0.29) is 17.3 Å². The van der Waals surface area contributed by atoms with E-state index in [2.05, 4.69) is 4.98 Å². The molecular formula is C16H15NO2. The number of ketones is 1. The number of H-pyrrole nitrogens is 1. The first-order valence-corrected chi connectivity index (χ1v) is 6.57. The molecule has 1 heterocycles. The van der Waals surface area contributed by atoms with E-state index in [0.717, 1.165) is 36.1 Å². The Hall–Kier alpha value is -2.16. The van der Waals surface area contributed by atoms with E-state index in [1.807, 2.05) is 30.3 Å². The maximum Gasteiger partial charge on any atom is 0.248 e. The van der Waals surface area contributed by atoms with Gasteiger partial charge in [0.15, 0.2) is 5.78 Å². The van der Waals surface area contributed by atoms with Crippen molar-refractivity contribution in [3.63, 3.8) is 0 Å². The number of hydrogen-bond donors (Lipinski definition) is 1. The number of aryl methyl sites for hydroxylation is 1. The van der Waals surface area contributed by atoms with Crippen LogP contribution in [0.15, 0.2) is 47.3 Å². The Labute approximate surface area is 111 Å². The molecule has 1 atom stereocenters. The van der Waals surface area contributed by atoms with Crippen LogP contribution in [0.3, 0.4) is 0 Å². The molecule has 3 nitrogen and oxygen atoms in total. The molecule has 1 aromatic carbocycles. The molecular weight excluding hydrogens is 238 g/mol. The van der Waals surface area contributed by atoms with Crippen LogP contribution in [-0.4, -0.2) is 10.8 Å². The van der Waals surface area contributed by atoms with Gasteiger partial charge in [0.05, 0.1) is 0 Å². The van der Waals surface area contributed by atoms with E-state index in [0.29, 0.717) is 0 Å². The fourth-order valence-electron chi connectivity index (χ4n) is 2.78. The summed E-state index contributed by atoms with van der Waals surface area (Å²) in [6.45, 7) is 0. The molecule has 0 amide bonds. The third-order valence-corrected chi connectivity index (χ3v) is 3.71. The summed E-state index contributed by atoms with van der Waals surface area (Å²) in [6.07, 6.45) is 2.65. The van der Waals surface area contributed by atoms with Crippen LogP contribution in [0.1, 0.15) is 40.4 Å². The maximum absolute atomic E-state index is 12.6. The molecule has 0 saturated heterocycles. The molecule has 0 fully saturated rings. The van der Waals surface area contributed by atoms with Gasteiger partial charge in [0.1, 0.15) is 0 Å². The first-order valence-electron chi connectivity index (χ1n) is 6.57. The number of rotatable bonds is 2. The molecule has 0 spiro atoms. The smallest absolute Gasteiger partial charge is 0.248 e. The predicted molar refractivity (Wildman–Crippen MR) is 73.5 cm³/mol. The summed E-state index contributed by atoms with van der Waals surface area (Å²) in [4.78, 5) is 26.8. The number of carbonyl (C=O) groups is 1. The molecule has 19 heavy (non-hydrogen) atoms. The summed E-state index contributed by atoms with van der Waals surface area (Å²) in [7, 11) is 0. The second-order valence-electron chi connectivity index (χ2n) is 4.93. The number of aromatic nitrogens is 1. The van der Waals surface area contributed by atoms with Crippen LogP contribution in [0.2, 0.25) is 0 Å². The van der Waals surface area contributed by atoms with Gasteiger partial charge >= 0.3 is 0 Å². The number of fused-ring (bicyclic) bond motifs is 1. The maximum atomic E-state index is 12.6. The zero-order valence-electron chi connectivity index (χ0n) is 10.6. The highest BCUT2D eigenvalue weighted by Gasteiger charge is 2.27. The Morgan fingerprint density at radius 1 is 1.11 bits per heavy atom. The molecule has 2 aromatic rings. The third kappa shape index (κ3) is 2.24. The molecule has 1 N–H and O–H groups in total. The van der Waals surface area contributed by atoms with Crippen molar-refractivity contribution in [1.82, 2.24) is 4.98 Å². The lowest BCUT2D eigenvalue weighted by molar-refractivity contribution is 0.0950. The summed E-state index contributed by atoms with van der Waals surface area (Å²) in [6, 6.07) is 12.7. The Kier molecular flexibility index (Phi) is 3.03. The fourth-order valence-corrected chi connectivity index (χ4v) is 2.78. The second-order valence-corrected chi connectivity index (χ2v) is 4.93.